The van der Waals surface area contributed by atoms with Crippen molar-refractivity contribution >= 4 is 22.8 Å². The topological polar surface area (TPSA) is 28.6 Å². The molecule has 0 bridgehead atoms. The Labute approximate surface area is 116 Å². The minimum absolute atomic E-state index is 0.125. The smallest absolute Gasteiger partial charge is 0.236 e. The van der Waals surface area contributed by atoms with Gasteiger partial charge in [-0.15, -0.1) is 11.3 Å². The Kier molecular flexibility index (Phi) is 3.23. The van der Waals surface area contributed by atoms with Gasteiger partial charge in [0, 0.05) is 11.9 Å². The van der Waals surface area contributed by atoms with Crippen molar-refractivity contribution in [2.45, 2.75) is 6.35 Å². The van der Waals surface area contributed by atoms with Gasteiger partial charge in [-0.05, 0) is 26.2 Å². The van der Waals surface area contributed by atoms with Crippen LogP contribution in [0, 0.1) is 0 Å². The molecule has 1 aliphatic rings. The van der Waals surface area contributed by atoms with E-state index in [-0.39, 0.29) is 6.35 Å². The maximum atomic E-state index is 6.02. The first-order valence-electron chi connectivity index (χ1n) is 6.03. The van der Waals surface area contributed by atoms with Crippen LogP contribution in [0.1, 0.15) is 4.88 Å². The highest BCUT2D eigenvalue weighted by Gasteiger charge is 2.30. The maximum absolute atomic E-state index is 6.02. The maximum Gasteiger partial charge on any atom is 0.236 e. The molecular formula is C14H15N3OS. The van der Waals surface area contributed by atoms with Crippen LogP contribution in [-0.2, 0) is 4.74 Å². The zero-order valence-corrected chi connectivity index (χ0v) is 11.7. The molecule has 1 aromatic heterocycles. The summed E-state index contributed by atoms with van der Waals surface area (Å²) in [6.45, 7) is 0. The molecule has 2 heterocycles. The van der Waals surface area contributed by atoms with Crippen LogP contribution >= 0.6 is 11.3 Å². The molecule has 0 radical (unpaired) electrons. The molecule has 0 fully saturated rings. The lowest BCUT2D eigenvalue weighted by atomic mass is 10.3. The third-order valence-electron chi connectivity index (χ3n) is 2.90. The lowest BCUT2D eigenvalue weighted by Crippen LogP contribution is -2.40. The monoisotopic (exact) mass is 273 g/mol. The summed E-state index contributed by atoms with van der Waals surface area (Å²) in [4.78, 5) is 9.31. The summed E-state index contributed by atoms with van der Waals surface area (Å²) in [7, 11) is 4.01. The highest BCUT2D eigenvalue weighted by Crippen LogP contribution is 2.32. The summed E-state index contributed by atoms with van der Waals surface area (Å²) in [6.07, 6.45) is 3.74. The number of hydrogen-bond donors (Lipinski definition) is 0. The quantitative estimate of drug-likeness (QED) is 0.860. The second-order valence-corrected chi connectivity index (χ2v) is 5.40. The minimum atomic E-state index is -0.125. The van der Waals surface area contributed by atoms with E-state index in [0.29, 0.717) is 0 Å². The Balaban J connectivity index is 1.95. The van der Waals surface area contributed by atoms with Gasteiger partial charge in [0.25, 0.3) is 0 Å². The van der Waals surface area contributed by atoms with E-state index in [1.54, 1.807) is 11.3 Å². The summed E-state index contributed by atoms with van der Waals surface area (Å²) in [5.74, 6) is 0.866. The van der Waals surface area contributed by atoms with E-state index in [2.05, 4.69) is 22.0 Å². The predicted octanol–water partition coefficient (Wildman–Crippen LogP) is 2.82. The molecule has 3 rings (SSSR count). The summed E-state index contributed by atoms with van der Waals surface area (Å²) in [6, 6.07) is 10.2. The van der Waals surface area contributed by atoms with Crippen molar-refractivity contribution in [3.8, 4) is 0 Å². The number of rotatable bonds is 3. The van der Waals surface area contributed by atoms with Gasteiger partial charge in [-0.1, -0.05) is 18.2 Å². The summed E-state index contributed by atoms with van der Waals surface area (Å²) in [5, 5.41) is 0. The Morgan fingerprint density at radius 3 is 2.68 bits per heavy atom. The fraction of sp³-hybridized carbons (Fsp3) is 0.214. The van der Waals surface area contributed by atoms with Crippen molar-refractivity contribution in [1.82, 2.24) is 9.88 Å². The van der Waals surface area contributed by atoms with Gasteiger partial charge in [0.05, 0.1) is 16.6 Å². The van der Waals surface area contributed by atoms with Gasteiger partial charge < -0.3 is 4.74 Å². The van der Waals surface area contributed by atoms with Crippen molar-refractivity contribution in [3.05, 3.63) is 53.1 Å². The van der Waals surface area contributed by atoms with Gasteiger partial charge in [-0.3, -0.25) is 14.8 Å². The van der Waals surface area contributed by atoms with Crippen LogP contribution in [0.15, 0.2) is 48.2 Å². The Hall–Kier alpha value is -1.85. The van der Waals surface area contributed by atoms with Gasteiger partial charge in [0.15, 0.2) is 5.76 Å². The summed E-state index contributed by atoms with van der Waals surface area (Å²) in [5.41, 5.74) is 2.93. The van der Waals surface area contributed by atoms with Crippen LogP contribution in [0.4, 0.5) is 5.69 Å². The molecule has 98 valence electrons. The number of thiazole rings is 1. The van der Waals surface area contributed by atoms with Crippen LogP contribution in [-0.4, -0.2) is 30.3 Å². The number of anilines is 1. The molecular weight excluding hydrogens is 258 g/mol. The molecule has 2 aromatic rings. The molecule has 4 nitrogen and oxygen atoms in total. The van der Waals surface area contributed by atoms with Crippen molar-refractivity contribution in [1.29, 1.82) is 0 Å². The highest BCUT2D eigenvalue weighted by molar-refractivity contribution is 7.10. The van der Waals surface area contributed by atoms with Crippen molar-refractivity contribution in [3.63, 3.8) is 0 Å². The minimum Gasteiger partial charge on any atom is -0.454 e. The third-order valence-corrected chi connectivity index (χ3v) is 3.69. The Morgan fingerprint density at radius 1 is 1.26 bits per heavy atom. The number of aromatic nitrogens is 1. The molecule has 0 spiro atoms. The van der Waals surface area contributed by atoms with Gasteiger partial charge in [0.2, 0.25) is 6.35 Å². The number of para-hydroxylation sites is 1. The zero-order valence-electron chi connectivity index (χ0n) is 10.9. The average Bonchev–Trinajstić information content (AvgIpc) is 3.08. The Bertz CT molecular complexity index is 566. The number of hydrogen-bond acceptors (Lipinski definition) is 5. The van der Waals surface area contributed by atoms with E-state index in [4.69, 9.17) is 4.74 Å². The molecule has 0 aliphatic carbocycles. The van der Waals surface area contributed by atoms with E-state index in [9.17, 15) is 0 Å². The molecule has 19 heavy (non-hydrogen) atoms. The number of benzene rings is 1. The zero-order chi connectivity index (χ0) is 13.2. The van der Waals surface area contributed by atoms with E-state index < -0.39 is 0 Å². The molecule has 0 N–H and O–H groups in total. The second kappa shape index (κ2) is 5.03. The molecule has 0 saturated carbocycles. The SMILES string of the molecule is CN(C)C1OC(c2cncs2)=CN1c1ccccc1. The number of ether oxygens (including phenoxy) is 1. The van der Waals surface area contributed by atoms with E-state index in [0.717, 1.165) is 16.3 Å². The molecule has 5 heteroatoms. The third kappa shape index (κ3) is 2.34. The fourth-order valence-corrected chi connectivity index (χ4v) is 2.58. The lowest BCUT2D eigenvalue weighted by Gasteiger charge is -2.29. The first-order chi connectivity index (χ1) is 9.25. The molecule has 1 atom stereocenters. The van der Waals surface area contributed by atoms with Gasteiger partial charge >= 0.3 is 0 Å². The first kappa shape index (κ1) is 12.2. The van der Waals surface area contributed by atoms with Gasteiger partial charge in [-0.25, -0.2) is 0 Å². The fourth-order valence-electron chi connectivity index (χ4n) is 2.01. The van der Waals surface area contributed by atoms with Crippen molar-refractivity contribution in [2.24, 2.45) is 0 Å². The van der Waals surface area contributed by atoms with Crippen LogP contribution in [0.2, 0.25) is 0 Å². The van der Waals surface area contributed by atoms with Crippen molar-refractivity contribution in [2.75, 3.05) is 19.0 Å². The summed E-state index contributed by atoms with van der Waals surface area (Å²) < 4.78 is 6.02. The average molecular weight is 273 g/mol. The van der Waals surface area contributed by atoms with Crippen LogP contribution in [0.3, 0.4) is 0 Å². The highest BCUT2D eigenvalue weighted by atomic mass is 32.1. The van der Waals surface area contributed by atoms with E-state index in [1.807, 2.05) is 55.1 Å². The van der Waals surface area contributed by atoms with Crippen molar-refractivity contribution < 1.29 is 4.74 Å². The first-order valence-corrected chi connectivity index (χ1v) is 6.91. The van der Waals surface area contributed by atoms with Crippen LogP contribution in [0.25, 0.3) is 5.76 Å². The molecule has 1 aliphatic heterocycles. The Morgan fingerprint density at radius 2 is 2.05 bits per heavy atom. The lowest BCUT2D eigenvalue weighted by molar-refractivity contribution is 0.0596. The second-order valence-electron chi connectivity index (χ2n) is 4.51. The van der Waals surface area contributed by atoms with Gasteiger partial charge in [-0.2, -0.15) is 0 Å². The molecule has 1 aromatic carbocycles. The predicted molar refractivity (Wildman–Crippen MR) is 77.6 cm³/mol. The van der Waals surface area contributed by atoms with E-state index >= 15 is 0 Å². The normalized spacial score (nSPS) is 18.6. The van der Waals surface area contributed by atoms with E-state index in [1.165, 1.54) is 0 Å². The summed E-state index contributed by atoms with van der Waals surface area (Å²) >= 11 is 1.58. The number of nitrogens with zero attached hydrogens (tertiary/aromatic N) is 3. The molecule has 1 unspecified atom stereocenters. The van der Waals surface area contributed by atoms with Crippen LogP contribution in [0.5, 0.6) is 0 Å². The molecule has 0 saturated heterocycles. The molecule has 0 amide bonds. The van der Waals surface area contributed by atoms with Gasteiger partial charge in [0.1, 0.15) is 0 Å². The van der Waals surface area contributed by atoms with Crippen LogP contribution < -0.4 is 4.90 Å². The standard InChI is InChI=1S/C14H15N3OS/c1-16(2)14-17(11-6-4-3-5-7-11)9-12(18-14)13-8-15-10-19-13/h3-10,14H,1-2H3. The largest absolute Gasteiger partial charge is 0.454 e.